The number of likely N-dealkylation sites (N-methyl/N-ethyl adjacent to an activating group) is 1. The van der Waals surface area contributed by atoms with E-state index in [-0.39, 0.29) is 6.10 Å². The van der Waals surface area contributed by atoms with Crippen LogP contribution in [-0.4, -0.2) is 64.7 Å². The molecule has 0 aliphatic heterocycles. The third kappa shape index (κ3) is 7.73. The molecule has 0 aliphatic carbocycles. The summed E-state index contributed by atoms with van der Waals surface area (Å²) in [7, 11) is 5.49. The Morgan fingerprint density at radius 1 is 1.07 bits per heavy atom. The lowest BCUT2D eigenvalue weighted by molar-refractivity contribution is -0.00192. The largest absolute Gasteiger partial charge is 0.383 e. The highest BCUT2D eigenvalue weighted by molar-refractivity contribution is 4.67. The molecule has 0 bridgehead atoms. The van der Waals surface area contributed by atoms with Gasteiger partial charge in [0.25, 0.3) is 0 Å². The summed E-state index contributed by atoms with van der Waals surface area (Å²) >= 11 is 0. The molecule has 0 amide bonds. The van der Waals surface area contributed by atoms with Crippen LogP contribution in [0.15, 0.2) is 0 Å². The minimum atomic E-state index is 0.264. The number of nitrogens with zero attached hydrogens (tertiary/aromatic N) is 1. The van der Waals surface area contributed by atoms with E-state index < -0.39 is 0 Å². The van der Waals surface area contributed by atoms with Crippen LogP contribution in [-0.2, 0) is 14.2 Å². The van der Waals surface area contributed by atoms with Crippen LogP contribution >= 0.6 is 0 Å². The number of ether oxygens (including phenoxy) is 3. The summed E-state index contributed by atoms with van der Waals surface area (Å²) in [6.07, 6.45) is 0.264. The van der Waals surface area contributed by atoms with Crippen LogP contribution in [0.4, 0.5) is 0 Å². The molecule has 0 saturated heterocycles. The monoisotopic (exact) mass is 219 g/mol. The lowest BCUT2D eigenvalue weighted by atomic mass is 10.3. The second kappa shape index (κ2) is 9.09. The Hall–Kier alpha value is -0.160. The highest BCUT2D eigenvalue weighted by Crippen LogP contribution is 2.00. The molecule has 0 aromatic rings. The molecule has 0 aromatic carbocycles. The van der Waals surface area contributed by atoms with Gasteiger partial charge in [0.15, 0.2) is 0 Å². The zero-order valence-electron chi connectivity index (χ0n) is 10.7. The number of methoxy groups -OCH3 is 2. The first-order valence-corrected chi connectivity index (χ1v) is 5.41. The van der Waals surface area contributed by atoms with Crippen LogP contribution in [0.2, 0.25) is 0 Å². The van der Waals surface area contributed by atoms with E-state index in [0.717, 1.165) is 13.2 Å². The van der Waals surface area contributed by atoms with Crippen molar-refractivity contribution in [2.75, 3.05) is 47.6 Å². The van der Waals surface area contributed by atoms with Gasteiger partial charge in [-0.2, -0.15) is 0 Å². The van der Waals surface area contributed by atoms with E-state index in [4.69, 9.17) is 14.2 Å². The Kier molecular flexibility index (Phi) is 9.00. The molecule has 0 fully saturated rings. The summed E-state index contributed by atoms with van der Waals surface area (Å²) in [5.74, 6) is 0. The maximum absolute atomic E-state index is 5.60. The van der Waals surface area contributed by atoms with Crippen molar-refractivity contribution in [2.45, 2.75) is 26.0 Å². The van der Waals surface area contributed by atoms with Crippen molar-refractivity contribution in [3.63, 3.8) is 0 Å². The molecule has 92 valence electrons. The fourth-order valence-corrected chi connectivity index (χ4v) is 1.22. The quantitative estimate of drug-likeness (QED) is 0.579. The fourth-order valence-electron chi connectivity index (χ4n) is 1.22. The molecule has 0 rings (SSSR count). The molecule has 0 radical (unpaired) electrons. The summed E-state index contributed by atoms with van der Waals surface area (Å²) in [4.78, 5) is 2.20. The second-order valence-corrected chi connectivity index (χ2v) is 3.96. The highest BCUT2D eigenvalue weighted by Gasteiger charge is 2.15. The van der Waals surface area contributed by atoms with Crippen molar-refractivity contribution >= 4 is 0 Å². The molecule has 1 unspecified atom stereocenters. The molecule has 0 spiro atoms. The van der Waals surface area contributed by atoms with Crippen LogP contribution in [0.1, 0.15) is 13.8 Å². The minimum absolute atomic E-state index is 0.264. The van der Waals surface area contributed by atoms with E-state index in [1.54, 1.807) is 14.2 Å². The summed E-state index contributed by atoms with van der Waals surface area (Å²) in [5, 5.41) is 0. The summed E-state index contributed by atoms with van der Waals surface area (Å²) < 4.78 is 15.8. The zero-order chi connectivity index (χ0) is 11.7. The third-order valence-corrected chi connectivity index (χ3v) is 2.25. The van der Waals surface area contributed by atoms with Crippen molar-refractivity contribution in [3.05, 3.63) is 0 Å². The van der Waals surface area contributed by atoms with Gasteiger partial charge in [0.2, 0.25) is 0 Å². The first-order valence-electron chi connectivity index (χ1n) is 5.41. The molecule has 0 N–H and O–H groups in total. The van der Waals surface area contributed by atoms with Crippen molar-refractivity contribution < 1.29 is 14.2 Å². The predicted octanol–water partition coefficient (Wildman–Crippen LogP) is 1.00. The van der Waals surface area contributed by atoms with Gasteiger partial charge in [-0.3, -0.25) is 4.90 Å². The number of hydrogen-bond acceptors (Lipinski definition) is 4. The summed E-state index contributed by atoms with van der Waals surface area (Å²) in [5.41, 5.74) is 0. The van der Waals surface area contributed by atoms with Gasteiger partial charge in [-0.05, 0) is 20.9 Å². The molecule has 0 aromatic heterocycles. The molecular weight excluding hydrogens is 194 g/mol. The Morgan fingerprint density at radius 3 is 2.20 bits per heavy atom. The number of rotatable bonds is 9. The van der Waals surface area contributed by atoms with E-state index in [9.17, 15) is 0 Å². The van der Waals surface area contributed by atoms with Crippen molar-refractivity contribution in [3.8, 4) is 0 Å². The first-order chi connectivity index (χ1) is 7.11. The molecule has 4 nitrogen and oxygen atoms in total. The standard InChI is InChI=1S/C11H25NO3/c1-10(2)15-9-11(8-14-5)12(3)6-7-13-4/h10-11H,6-9H2,1-5H3. The maximum Gasteiger partial charge on any atom is 0.0647 e. The highest BCUT2D eigenvalue weighted by atomic mass is 16.5. The molecule has 15 heavy (non-hydrogen) atoms. The van der Waals surface area contributed by atoms with Crippen LogP contribution in [0.3, 0.4) is 0 Å². The third-order valence-electron chi connectivity index (χ3n) is 2.25. The van der Waals surface area contributed by atoms with Crippen LogP contribution in [0.5, 0.6) is 0 Å². The van der Waals surface area contributed by atoms with E-state index in [1.807, 2.05) is 13.8 Å². The summed E-state index contributed by atoms with van der Waals surface area (Å²) in [6.45, 7) is 7.10. The Balaban J connectivity index is 3.88. The predicted molar refractivity (Wildman–Crippen MR) is 61.3 cm³/mol. The van der Waals surface area contributed by atoms with Gasteiger partial charge in [0.1, 0.15) is 0 Å². The molecule has 1 atom stereocenters. The van der Waals surface area contributed by atoms with Crippen LogP contribution < -0.4 is 0 Å². The molecule has 0 aliphatic rings. The van der Waals surface area contributed by atoms with Crippen molar-refractivity contribution in [1.82, 2.24) is 4.90 Å². The average molecular weight is 219 g/mol. The molecule has 0 saturated carbocycles. The SMILES string of the molecule is COCCN(C)C(COC)COC(C)C. The smallest absolute Gasteiger partial charge is 0.0647 e. The lowest BCUT2D eigenvalue weighted by Crippen LogP contribution is -2.41. The van der Waals surface area contributed by atoms with E-state index in [2.05, 4.69) is 11.9 Å². The van der Waals surface area contributed by atoms with E-state index in [1.165, 1.54) is 0 Å². The van der Waals surface area contributed by atoms with Gasteiger partial charge in [-0.1, -0.05) is 0 Å². The molecular formula is C11H25NO3. The topological polar surface area (TPSA) is 30.9 Å². The van der Waals surface area contributed by atoms with Crippen molar-refractivity contribution in [2.24, 2.45) is 0 Å². The van der Waals surface area contributed by atoms with E-state index >= 15 is 0 Å². The molecule has 4 heteroatoms. The van der Waals surface area contributed by atoms with Crippen LogP contribution in [0, 0.1) is 0 Å². The van der Waals surface area contributed by atoms with Crippen molar-refractivity contribution in [1.29, 1.82) is 0 Å². The van der Waals surface area contributed by atoms with Gasteiger partial charge in [-0.15, -0.1) is 0 Å². The van der Waals surface area contributed by atoms with Gasteiger partial charge in [0, 0.05) is 20.8 Å². The minimum Gasteiger partial charge on any atom is -0.383 e. The van der Waals surface area contributed by atoms with E-state index in [0.29, 0.717) is 19.3 Å². The summed E-state index contributed by atoms with van der Waals surface area (Å²) in [6, 6.07) is 0.299. The van der Waals surface area contributed by atoms with Crippen LogP contribution in [0.25, 0.3) is 0 Å². The lowest BCUT2D eigenvalue weighted by Gasteiger charge is -2.27. The van der Waals surface area contributed by atoms with Gasteiger partial charge in [-0.25, -0.2) is 0 Å². The Morgan fingerprint density at radius 2 is 1.73 bits per heavy atom. The van der Waals surface area contributed by atoms with Gasteiger partial charge < -0.3 is 14.2 Å². The normalized spacial score (nSPS) is 13.8. The fraction of sp³-hybridized carbons (Fsp3) is 1.00. The zero-order valence-corrected chi connectivity index (χ0v) is 10.7. The average Bonchev–Trinajstić information content (AvgIpc) is 2.20. The van der Waals surface area contributed by atoms with Gasteiger partial charge >= 0.3 is 0 Å². The maximum atomic E-state index is 5.60. The molecule has 0 heterocycles. The Bertz CT molecular complexity index is 142. The number of hydrogen-bond donors (Lipinski definition) is 0. The second-order valence-electron chi connectivity index (χ2n) is 3.96. The Labute approximate surface area is 93.5 Å². The van der Waals surface area contributed by atoms with Gasteiger partial charge in [0.05, 0.1) is 32.0 Å². The first kappa shape index (κ1) is 14.8.